The van der Waals surface area contributed by atoms with Crippen molar-refractivity contribution in [3.8, 4) is 0 Å². The average molecular weight is 369 g/mol. The average Bonchev–Trinajstić information content (AvgIpc) is 2.96. The third-order valence-corrected chi connectivity index (χ3v) is 5.20. The molecule has 0 aliphatic carbocycles. The molecule has 0 radical (unpaired) electrons. The molecule has 0 amide bonds. The number of hydrogen-bond donors (Lipinski definition) is 0. The zero-order valence-corrected chi connectivity index (χ0v) is 18.0. The van der Waals surface area contributed by atoms with Gasteiger partial charge >= 0.3 is 0 Å². The Morgan fingerprint density at radius 2 is 1.59 bits per heavy atom. The molecule has 27 heavy (non-hydrogen) atoms. The molecule has 2 heteroatoms. The lowest BCUT2D eigenvalue weighted by molar-refractivity contribution is -0.116. The molecule has 148 valence electrons. The number of hydrogen-bond acceptors (Lipinski definition) is 2. The number of rotatable bonds is 10. The Balaban J connectivity index is 2.32. The number of ketones is 1. The van der Waals surface area contributed by atoms with Crippen LogP contribution < -0.4 is 0 Å². The van der Waals surface area contributed by atoms with Gasteiger partial charge in [0.1, 0.15) is 17.3 Å². The summed E-state index contributed by atoms with van der Waals surface area (Å²) in [4.78, 5) is 11.7. The van der Waals surface area contributed by atoms with E-state index in [1.165, 1.54) is 16.7 Å². The van der Waals surface area contributed by atoms with Crippen LogP contribution in [0.1, 0.15) is 94.4 Å². The van der Waals surface area contributed by atoms with Gasteiger partial charge in [-0.15, -0.1) is 0 Å². The summed E-state index contributed by atoms with van der Waals surface area (Å²) < 4.78 is 6.48. The standard InChI is InChI=1S/C25H36O2/c1-17(2)16-23-22(15-13-20(6)26)25(27-24(23)18(3)4)19(5)12-14-21-10-8-7-9-11-21/h7-11,17-19H,12-16H2,1-6H3. The minimum absolute atomic E-state index is 0.251. The third kappa shape index (κ3) is 6.09. The molecule has 2 aromatic rings. The predicted octanol–water partition coefficient (Wildman–Crippen LogP) is 6.86. The summed E-state index contributed by atoms with van der Waals surface area (Å²) in [5.74, 6) is 3.79. The maximum atomic E-state index is 11.7. The highest BCUT2D eigenvalue weighted by atomic mass is 16.3. The van der Waals surface area contributed by atoms with Crippen LogP contribution in [0.4, 0.5) is 0 Å². The first-order valence-electron chi connectivity index (χ1n) is 10.5. The van der Waals surface area contributed by atoms with Crippen LogP contribution in [0.3, 0.4) is 0 Å². The summed E-state index contributed by atoms with van der Waals surface area (Å²) in [6.07, 6.45) is 4.53. The summed E-state index contributed by atoms with van der Waals surface area (Å²) in [6, 6.07) is 10.6. The molecule has 0 spiro atoms. The van der Waals surface area contributed by atoms with Gasteiger partial charge in [0.2, 0.25) is 0 Å². The van der Waals surface area contributed by atoms with Crippen LogP contribution in [0.15, 0.2) is 34.7 Å². The van der Waals surface area contributed by atoms with Gasteiger partial charge in [-0.2, -0.15) is 0 Å². The summed E-state index contributed by atoms with van der Waals surface area (Å²) in [7, 11) is 0. The zero-order chi connectivity index (χ0) is 20.0. The smallest absolute Gasteiger partial charge is 0.130 e. The number of furan rings is 1. The summed E-state index contributed by atoms with van der Waals surface area (Å²) in [5.41, 5.74) is 4.04. The lowest BCUT2D eigenvalue weighted by atomic mass is 9.89. The SMILES string of the molecule is CC(=O)CCc1c(C(C)CCc2ccccc2)oc(C(C)C)c1CC(C)C. The molecule has 2 nitrogen and oxygen atoms in total. The van der Waals surface area contributed by atoms with Gasteiger partial charge in [0.15, 0.2) is 0 Å². The lowest BCUT2D eigenvalue weighted by Gasteiger charge is -2.13. The largest absolute Gasteiger partial charge is 0.465 e. The van der Waals surface area contributed by atoms with Crippen molar-refractivity contribution in [1.82, 2.24) is 0 Å². The minimum Gasteiger partial charge on any atom is -0.465 e. The lowest BCUT2D eigenvalue weighted by Crippen LogP contribution is -2.05. The van der Waals surface area contributed by atoms with Crippen LogP contribution in [-0.2, 0) is 24.1 Å². The monoisotopic (exact) mass is 368 g/mol. The van der Waals surface area contributed by atoms with E-state index in [0.717, 1.165) is 37.2 Å². The van der Waals surface area contributed by atoms with E-state index in [-0.39, 0.29) is 5.78 Å². The van der Waals surface area contributed by atoms with Crippen molar-refractivity contribution in [3.63, 3.8) is 0 Å². The molecule has 1 unspecified atom stereocenters. The summed E-state index contributed by atoms with van der Waals surface area (Å²) >= 11 is 0. The van der Waals surface area contributed by atoms with Crippen molar-refractivity contribution in [3.05, 3.63) is 58.5 Å². The van der Waals surface area contributed by atoms with E-state index in [0.29, 0.717) is 24.2 Å². The van der Waals surface area contributed by atoms with E-state index in [4.69, 9.17) is 4.42 Å². The topological polar surface area (TPSA) is 30.2 Å². The van der Waals surface area contributed by atoms with Crippen molar-refractivity contribution in [2.24, 2.45) is 5.92 Å². The fourth-order valence-corrected chi connectivity index (χ4v) is 3.77. The van der Waals surface area contributed by atoms with Crippen molar-refractivity contribution in [2.75, 3.05) is 0 Å². The molecule has 0 aliphatic heterocycles. The Morgan fingerprint density at radius 3 is 2.15 bits per heavy atom. The molecule has 1 aromatic carbocycles. The Morgan fingerprint density at radius 1 is 0.926 bits per heavy atom. The van der Waals surface area contributed by atoms with Crippen LogP contribution in [0.25, 0.3) is 0 Å². The first-order chi connectivity index (χ1) is 12.8. The Kier molecular flexibility index (Phi) is 7.89. The molecule has 1 atom stereocenters. The molecule has 0 fully saturated rings. The van der Waals surface area contributed by atoms with E-state index < -0.39 is 0 Å². The molecule has 0 bridgehead atoms. The first-order valence-corrected chi connectivity index (χ1v) is 10.5. The normalized spacial score (nSPS) is 12.7. The van der Waals surface area contributed by atoms with Gasteiger partial charge in [-0.05, 0) is 55.2 Å². The van der Waals surface area contributed by atoms with E-state index in [1.54, 1.807) is 6.92 Å². The quantitative estimate of drug-likeness (QED) is 0.458. The first kappa shape index (κ1) is 21.5. The van der Waals surface area contributed by atoms with Crippen molar-refractivity contribution in [1.29, 1.82) is 0 Å². The molecule has 0 saturated carbocycles. The van der Waals surface area contributed by atoms with E-state index in [1.807, 2.05) is 0 Å². The zero-order valence-electron chi connectivity index (χ0n) is 18.0. The van der Waals surface area contributed by atoms with Crippen LogP contribution in [0.2, 0.25) is 0 Å². The fourth-order valence-electron chi connectivity index (χ4n) is 3.77. The van der Waals surface area contributed by atoms with Gasteiger partial charge in [-0.1, -0.05) is 65.0 Å². The van der Waals surface area contributed by atoms with Crippen LogP contribution in [-0.4, -0.2) is 5.78 Å². The second-order valence-corrected chi connectivity index (χ2v) is 8.67. The molecule has 0 saturated heterocycles. The fraction of sp³-hybridized carbons (Fsp3) is 0.560. The highest BCUT2D eigenvalue weighted by Crippen LogP contribution is 2.37. The number of benzene rings is 1. The van der Waals surface area contributed by atoms with Crippen molar-refractivity contribution >= 4 is 5.78 Å². The maximum Gasteiger partial charge on any atom is 0.130 e. The second kappa shape index (κ2) is 9.92. The Hall–Kier alpha value is -1.83. The second-order valence-electron chi connectivity index (χ2n) is 8.67. The molecule has 0 aliphatic rings. The molecule has 1 aromatic heterocycles. The number of aryl methyl sites for hydroxylation is 1. The Bertz CT molecular complexity index is 722. The predicted molar refractivity (Wildman–Crippen MR) is 114 cm³/mol. The van der Waals surface area contributed by atoms with Crippen molar-refractivity contribution < 1.29 is 9.21 Å². The van der Waals surface area contributed by atoms with E-state index >= 15 is 0 Å². The van der Waals surface area contributed by atoms with Gasteiger partial charge in [0.05, 0.1) is 0 Å². The number of carbonyl (C=O) groups excluding carboxylic acids is 1. The number of Topliss-reactive ketones (excluding diaryl/α,β-unsaturated/α-hetero) is 1. The van der Waals surface area contributed by atoms with Gasteiger partial charge in [0, 0.05) is 18.3 Å². The summed E-state index contributed by atoms with van der Waals surface area (Å²) in [5, 5.41) is 0. The van der Waals surface area contributed by atoms with Gasteiger partial charge < -0.3 is 9.21 Å². The Labute approximate surface area is 165 Å². The highest BCUT2D eigenvalue weighted by molar-refractivity contribution is 5.75. The van der Waals surface area contributed by atoms with Crippen LogP contribution in [0.5, 0.6) is 0 Å². The molecular formula is C25H36O2. The van der Waals surface area contributed by atoms with E-state index in [2.05, 4.69) is 65.0 Å². The van der Waals surface area contributed by atoms with Gasteiger partial charge in [-0.3, -0.25) is 0 Å². The molecular weight excluding hydrogens is 332 g/mol. The van der Waals surface area contributed by atoms with Gasteiger partial charge in [-0.25, -0.2) is 0 Å². The van der Waals surface area contributed by atoms with Crippen LogP contribution >= 0.6 is 0 Å². The van der Waals surface area contributed by atoms with Crippen molar-refractivity contribution in [2.45, 2.75) is 85.5 Å². The molecule has 1 heterocycles. The maximum absolute atomic E-state index is 11.7. The van der Waals surface area contributed by atoms with Gasteiger partial charge in [0.25, 0.3) is 0 Å². The minimum atomic E-state index is 0.251. The third-order valence-electron chi connectivity index (χ3n) is 5.20. The molecule has 2 rings (SSSR count). The van der Waals surface area contributed by atoms with Crippen LogP contribution in [0, 0.1) is 5.92 Å². The molecule has 0 N–H and O–H groups in total. The number of carbonyl (C=O) groups is 1. The highest BCUT2D eigenvalue weighted by Gasteiger charge is 2.25. The summed E-state index contributed by atoms with van der Waals surface area (Å²) in [6.45, 7) is 12.9. The van der Waals surface area contributed by atoms with E-state index in [9.17, 15) is 4.79 Å².